The quantitative estimate of drug-likeness (QED) is 0.574. The van der Waals surface area contributed by atoms with Crippen molar-refractivity contribution < 1.29 is 4.79 Å². The van der Waals surface area contributed by atoms with Crippen LogP contribution in [0.25, 0.3) is 5.65 Å². The molecule has 6 nitrogen and oxygen atoms in total. The predicted octanol–water partition coefficient (Wildman–Crippen LogP) is 4.98. The molecule has 1 amide bonds. The van der Waals surface area contributed by atoms with Gasteiger partial charge in [0, 0.05) is 17.8 Å². The Hall–Kier alpha value is -3.20. The molecule has 2 heterocycles. The molecule has 3 aromatic rings. The topological polar surface area (TPSA) is 83.1 Å². The van der Waals surface area contributed by atoms with E-state index in [4.69, 9.17) is 0 Å². The summed E-state index contributed by atoms with van der Waals surface area (Å²) in [5, 5.41) is 16.9. The van der Waals surface area contributed by atoms with Crippen LogP contribution in [0.5, 0.6) is 0 Å². The second-order valence-electron chi connectivity index (χ2n) is 8.94. The summed E-state index contributed by atoms with van der Waals surface area (Å²) in [6.45, 7) is 3.91. The smallest absolute Gasteiger partial charge is 0.220 e. The van der Waals surface area contributed by atoms with Crippen LogP contribution in [0.4, 0.5) is 0 Å². The number of fused-ring (bicyclic) bond motifs is 1. The molecule has 0 bridgehead atoms. The van der Waals surface area contributed by atoms with E-state index in [1.54, 1.807) is 10.7 Å². The molecular formula is C26H31N5O. The van der Waals surface area contributed by atoms with Crippen LogP contribution >= 0.6 is 0 Å². The Labute approximate surface area is 189 Å². The van der Waals surface area contributed by atoms with Crippen LogP contribution in [0.1, 0.15) is 79.1 Å². The molecular weight excluding hydrogens is 398 g/mol. The molecule has 1 aromatic carbocycles. The third-order valence-electron chi connectivity index (χ3n) is 6.76. The first-order valence-electron chi connectivity index (χ1n) is 11.6. The number of nitrogens with one attached hydrogen (secondary N) is 1. The summed E-state index contributed by atoms with van der Waals surface area (Å²) in [7, 11) is 0. The zero-order chi connectivity index (χ0) is 22.5. The lowest BCUT2D eigenvalue weighted by atomic mass is 9.83. The van der Waals surface area contributed by atoms with Crippen LogP contribution in [0.15, 0.2) is 36.5 Å². The Balaban J connectivity index is 1.46. The lowest BCUT2D eigenvalue weighted by Gasteiger charge is -2.27. The SMILES string of the molecule is Cc1nc2c(C#N)cnn2c(C)c1CCC(=O)NC(CC1CCCCC1)c1ccccc1. The highest BCUT2D eigenvalue weighted by Gasteiger charge is 2.22. The minimum Gasteiger partial charge on any atom is -0.349 e. The van der Waals surface area contributed by atoms with E-state index in [0.717, 1.165) is 23.4 Å². The fourth-order valence-electron chi connectivity index (χ4n) is 4.98. The summed E-state index contributed by atoms with van der Waals surface area (Å²) in [5.74, 6) is 0.742. The zero-order valence-corrected chi connectivity index (χ0v) is 19.0. The molecule has 0 aliphatic heterocycles. The highest BCUT2D eigenvalue weighted by molar-refractivity contribution is 5.76. The van der Waals surface area contributed by atoms with Gasteiger partial charge >= 0.3 is 0 Å². The average Bonchev–Trinajstić information content (AvgIpc) is 3.22. The molecule has 1 atom stereocenters. The highest BCUT2D eigenvalue weighted by Crippen LogP contribution is 2.32. The first-order chi connectivity index (χ1) is 15.6. The van der Waals surface area contributed by atoms with Crippen molar-refractivity contribution in [3.8, 4) is 6.07 Å². The van der Waals surface area contributed by atoms with Gasteiger partial charge in [-0.1, -0.05) is 62.4 Å². The van der Waals surface area contributed by atoms with Gasteiger partial charge in [-0.3, -0.25) is 4.79 Å². The van der Waals surface area contributed by atoms with E-state index in [2.05, 4.69) is 33.6 Å². The number of benzene rings is 1. The number of aromatic nitrogens is 3. The maximum Gasteiger partial charge on any atom is 0.220 e. The minimum absolute atomic E-state index is 0.0545. The van der Waals surface area contributed by atoms with Crippen LogP contribution in [0, 0.1) is 31.1 Å². The van der Waals surface area contributed by atoms with E-state index < -0.39 is 0 Å². The Kier molecular flexibility index (Phi) is 6.84. The van der Waals surface area contributed by atoms with Crippen molar-refractivity contribution in [1.29, 1.82) is 5.26 Å². The van der Waals surface area contributed by atoms with Crippen LogP contribution in [-0.2, 0) is 11.2 Å². The van der Waals surface area contributed by atoms with Gasteiger partial charge in [-0.25, -0.2) is 9.50 Å². The normalized spacial score (nSPS) is 15.4. The summed E-state index contributed by atoms with van der Waals surface area (Å²) in [4.78, 5) is 17.6. The second-order valence-corrected chi connectivity index (χ2v) is 8.94. The highest BCUT2D eigenvalue weighted by atomic mass is 16.1. The Bertz CT molecular complexity index is 1120. The lowest BCUT2D eigenvalue weighted by molar-refractivity contribution is -0.122. The molecule has 1 saturated carbocycles. The Morgan fingerprint density at radius 1 is 1.22 bits per heavy atom. The van der Waals surface area contributed by atoms with Gasteiger partial charge in [-0.2, -0.15) is 10.4 Å². The zero-order valence-electron chi connectivity index (χ0n) is 19.0. The van der Waals surface area contributed by atoms with Crippen molar-refractivity contribution in [3.63, 3.8) is 0 Å². The maximum absolute atomic E-state index is 13.0. The Morgan fingerprint density at radius 2 is 1.97 bits per heavy atom. The van der Waals surface area contributed by atoms with E-state index in [-0.39, 0.29) is 11.9 Å². The summed E-state index contributed by atoms with van der Waals surface area (Å²) in [6.07, 6.45) is 10.0. The molecule has 0 spiro atoms. The van der Waals surface area contributed by atoms with Crippen molar-refractivity contribution >= 4 is 11.6 Å². The molecule has 1 fully saturated rings. The molecule has 0 radical (unpaired) electrons. The number of carbonyl (C=O) groups is 1. The summed E-state index contributed by atoms with van der Waals surface area (Å²) in [6, 6.07) is 12.5. The first kappa shape index (κ1) is 22.0. The van der Waals surface area contributed by atoms with Crippen LogP contribution in [-0.4, -0.2) is 20.5 Å². The molecule has 1 unspecified atom stereocenters. The van der Waals surface area contributed by atoms with E-state index in [1.807, 2.05) is 32.0 Å². The van der Waals surface area contributed by atoms with Crippen LogP contribution in [0.2, 0.25) is 0 Å². The maximum atomic E-state index is 13.0. The molecule has 1 aliphatic carbocycles. The number of aryl methyl sites for hydroxylation is 2. The van der Waals surface area contributed by atoms with E-state index in [1.165, 1.54) is 37.7 Å². The van der Waals surface area contributed by atoms with Crippen LogP contribution < -0.4 is 5.32 Å². The van der Waals surface area contributed by atoms with Gasteiger partial charge in [0.15, 0.2) is 5.65 Å². The van der Waals surface area contributed by atoms with Gasteiger partial charge in [0.2, 0.25) is 5.91 Å². The number of carbonyl (C=O) groups excluding carboxylic acids is 1. The van der Waals surface area contributed by atoms with Crippen molar-refractivity contribution in [2.45, 2.75) is 71.3 Å². The standard InChI is InChI=1S/C26H31N5O/c1-18-23(19(2)31-26(29-18)22(16-27)17-28-31)13-14-25(32)30-24(21-11-7-4-8-12-21)15-20-9-5-3-6-10-20/h4,7-8,11-12,17,20,24H,3,5-6,9-10,13-15H2,1-2H3,(H,30,32). The molecule has 1 N–H and O–H groups in total. The van der Waals surface area contributed by atoms with Crippen molar-refractivity contribution in [2.75, 3.05) is 0 Å². The molecule has 6 heteroatoms. The molecule has 1 aliphatic rings. The molecule has 32 heavy (non-hydrogen) atoms. The van der Waals surface area contributed by atoms with E-state index in [0.29, 0.717) is 30.0 Å². The van der Waals surface area contributed by atoms with Gasteiger partial charge in [-0.15, -0.1) is 0 Å². The van der Waals surface area contributed by atoms with Gasteiger partial charge in [0.05, 0.1) is 12.2 Å². The lowest BCUT2D eigenvalue weighted by Crippen LogP contribution is -2.30. The minimum atomic E-state index is 0.0545. The summed E-state index contributed by atoms with van der Waals surface area (Å²) < 4.78 is 1.70. The number of amides is 1. The van der Waals surface area contributed by atoms with Gasteiger partial charge in [-0.05, 0) is 43.7 Å². The molecule has 4 rings (SSSR count). The third-order valence-corrected chi connectivity index (χ3v) is 6.76. The first-order valence-corrected chi connectivity index (χ1v) is 11.6. The van der Waals surface area contributed by atoms with Gasteiger partial charge in [0.25, 0.3) is 0 Å². The molecule has 0 saturated heterocycles. The predicted molar refractivity (Wildman–Crippen MR) is 124 cm³/mol. The molecule has 2 aromatic heterocycles. The number of rotatable bonds is 7. The number of hydrogen-bond acceptors (Lipinski definition) is 4. The fraction of sp³-hybridized carbons (Fsp3) is 0.462. The average molecular weight is 430 g/mol. The number of nitriles is 1. The summed E-state index contributed by atoms with van der Waals surface area (Å²) in [5.41, 5.74) is 5.03. The van der Waals surface area contributed by atoms with Crippen molar-refractivity contribution in [2.24, 2.45) is 5.92 Å². The van der Waals surface area contributed by atoms with Crippen LogP contribution in [0.3, 0.4) is 0 Å². The monoisotopic (exact) mass is 429 g/mol. The van der Waals surface area contributed by atoms with Crippen molar-refractivity contribution in [3.05, 3.63) is 64.6 Å². The molecule has 166 valence electrons. The summed E-state index contributed by atoms with van der Waals surface area (Å²) >= 11 is 0. The van der Waals surface area contributed by atoms with E-state index in [9.17, 15) is 10.1 Å². The van der Waals surface area contributed by atoms with Gasteiger partial charge in [0.1, 0.15) is 11.6 Å². The largest absolute Gasteiger partial charge is 0.349 e. The Morgan fingerprint density at radius 3 is 2.69 bits per heavy atom. The van der Waals surface area contributed by atoms with E-state index >= 15 is 0 Å². The third kappa shape index (κ3) is 4.83. The number of nitrogens with zero attached hydrogens (tertiary/aromatic N) is 4. The number of hydrogen-bond donors (Lipinski definition) is 1. The van der Waals surface area contributed by atoms with Gasteiger partial charge < -0.3 is 5.32 Å². The fourth-order valence-corrected chi connectivity index (χ4v) is 4.98. The van der Waals surface area contributed by atoms with Crippen molar-refractivity contribution in [1.82, 2.24) is 19.9 Å². The second kappa shape index (κ2) is 9.95.